The van der Waals surface area contributed by atoms with Gasteiger partial charge >= 0.3 is 5.97 Å². The van der Waals surface area contributed by atoms with Gasteiger partial charge in [-0.1, -0.05) is 0 Å². The summed E-state index contributed by atoms with van der Waals surface area (Å²) in [4.78, 5) is 25.1. The Balaban J connectivity index is 2.08. The summed E-state index contributed by atoms with van der Waals surface area (Å²) in [6.45, 7) is 1.44. The molecule has 1 aliphatic heterocycles. The molecule has 0 aromatic heterocycles. The Labute approximate surface area is 122 Å². The van der Waals surface area contributed by atoms with Gasteiger partial charge in [-0.25, -0.2) is 9.18 Å². The molecule has 1 aromatic rings. The average molecular weight is 295 g/mol. The molecular weight excluding hydrogens is 277 g/mol. The monoisotopic (exact) mass is 295 g/mol. The molecule has 3 N–H and O–H groups in total. The number of halogens is 1. The van der Waals surface area contributed by atoms with Gasteiger partial charge in [-0.3, -0.25) is 4.79 Å². The Hall–Kier alpha value is -2.31. The van der Waals surface area contributed by atoms with Gasteiger partial charge in [0.1, 0.15) is 5.82 Å². The van der Waals surface area contributed by atoms with Crippen molar-refractivity contribution in [2.75, 3.05) is 37.8 Å². The third kappa shape index (κ3) is 3.42. The highest BCUT2D eigenvalue weighted by molar-refractivity contribution is 5.96. The summed E-state index contributed by atoms with van der Waals surface area (Å²) in [6.07, 6.45) is 1.99. The van der Waals surface area contributed by atoms with E-state index in [-0.39, 0.29) is 29.4 Å². The highest BCUT2D eigenvalue weighted by Crippen LogP contribution is 2.23. The highest BCUT2D eigenvalue weighted by Gasteiger charge is 2.19. The summed E-state index contributed by atoms with van der Waals surface area (Å²) in [5, 5.41) is 2.71. The number of carbonyl (C=O) groups is 2. The number of methoxy groups -OCH3 is 1. The number of esters is 1. The van der Waals surface area contributed by atoms with Crippen LogP contribution in [0.4, 0.5) is 15.8 Å². The lowest BCUT2D eigenvalue weighted by molar-refractivity contribution is -0.128. The number of hydrogen-bond acceptors (Lipinski definition) is 5. The van der Waals surface area contributed by atoms with Crippen LogP contribution in [0.15, 0.2) is 12.1 Å². The summed E-state index contributed by atoms with van der Waals surface area (Å²) in [6, 6.07) is 2.29. The third-order valence-corrected chi connectivity index (χ3v) is 3.43. The van der Waals surface area contributed by atoms with Crippen molar-refractivity contribution in [2.45, 2.75) is 12.8 Å². The second-order valence-corrected chi connectivity index (χ2v) is 4.85. The van der Waals surface area contributed by atoms with E-state index in [0.29, 0.717) is 0 Å². The smallest absolute Gasteiger partial charge is 0.340 e. The van der Waals surface area contributed by atoms with Crippen molar-refractivity contribution in [3.05, 3.63) is 23.5 Å². The van der Waals surface area contributed by atoms with Crippen molar-refractivity contribution < 1.29 is 18.7 Å². The number of hydrogen-bond donors (Lipinski definition) is 2. The van der Waals surface area contributed by atoms with Gasteiger partial charge in [0.2, 0.25) is 5.91 Å². The third-order valence-electron chi connectivity index (χ3n) is 3.43. The maximum absolute atomic E-state index is 13.8. The molecule has 0 unspecified atom stereocenters. The largest absolute Gasteiger partial charge is 0.465 e. The highest BCUT2D eigenvalue weighted by atomic mass is 19.1. The standard InChI is InChI=1S/C14H18FN3O3/c1-21-14(20)9-6-12(10(15)7-11(9)16)17-8-13(19)18-4-2-3-5-18/h6-7,17H,2-5,8,16H2,1H3. The lowest BCUT2D eigenvalue weighted by Gasteiger charge is -2.16. The fourth-order valence-electron chi connectivity index (χ4n) is 2.26. The molecule has 1 fully saturated rings. The fourth-order valence-corrected chi connectivity index (χ4v) is 2.26. The number of likely N-dealkylation sites (tertiary alicyclic amines) is 1. The predicted molar refractivity (Wildman–Crippen MR) is 76.5 cm³/mol. The van der Waals surface area contributed by atoms with Crippen LogP contribution < -0.4 is 11.1 Å². The minimum absolute atomic E-state index is 0.00392. The molecule has 0 radical (unpaired) electrons. The van der Waals surface area contributed by atoms with Crippen molar-refractivity contribution in [3.63, 3.8) is 0 Å². The van der Waals surface area contributed by atoms with Crippen LogP contribution in [0, 0.1) is 5.82 Å². The molecule has 0 spiro atoms. The number of carbonyl (C=O) groups excluding carboxylic acids is 2. The van der Waals surface area contributed by atoms with E-state index >= 15 is 0 Å². The second-order valence-electron chi connectivity index (χ2n) is 4.85. The van der Waals surface area contributed by atoms with E-state index < -0.39 is 11.8 Å². The molecule has 1 heterocycles. The fraction of sp³-hybridized carbons (Fsp3) is 0.429. The van der Waals surface area contributed by atoms with E-state index in [2.05, 4.69) is 10.1 Å². The Morgan fingerprint density at radius 2 is 2.05 bits per heavy atom. The first-order valence-electron chi connectivity index (χ1n) is 6.72. The zero-order chi connectivity index (χ0) is 15.4. The number of anilines is 2. The van der Waals surface area contributed by atoms with Crippen molar-refractivity contribution in [3.8, 4) is 0 Å². The summed E-state index contributed by atoms with van der Waals surface area (Å²) in [5.74, 6) is -1.36. The van der Waals surface area contributed by atoms with Crippen LogP contribution in [0.3, 0.4) is 0 Å². The van der Waals surface area contributed by atoms with Crippen LogP contribution in [0.5, 0.6) is 0 Å². The number of benzene rings is 1. The molecule has 1 saturated heterocycles. The van der Waals surface area contributed by atoms with E-state index in [0.717, 1.165) is 32.0 Å². The maximum Gasteiger partial charge on any atom is 0.340 e. The number of nitrogens with one attached hydrogen (secondary N) is 1. The van der Waals surface area contributed by atoms with E-state index in [1.807, 2.05) is 0 Å². The Kier molecular flexibility index (Phi) is 4.62. The van der Waals surface area contributed by atoms with Gasteiger partial charge in [0, 0.05) is 18.8 Å². The van der Waals surface area contributed by atoms with E-state index in [9.17, 15) is 14.0 Å². The molecule has 0 bridgehead atoms. The van der Waals surface area contributed by atoms with Crippen molar-refractivity contribution in [2.24, 2.45) is 0 Å². The van der Waals surface area contributed by atoms with Crippen LogP contribution in [0.25, 0.3) is 0 Å². The zero-order valence-corrected chi connectivity index (χ0v) is 11.8. The molecule has 0 atom stereocenters. The average Bonchev–Trinajstić information content (AvgIpc) is 2.99. The predicted octanol–water partition coefficient (Wildman–Crippen LogP) is 1.23. The van der Waals surface area contributed by atoms with Gasteiger partial charge in [-0.05, 0) is 25.0 Å². The Bertz CT molecular complexity index is 557. The summed E-state index contributed by atoms with van der Waals surface area (Å²) >= 11 is 0. The molecular formula is C14H18FN3O3. The minimum atomic E-state index is -0.651. The maximum atomic E-state index is 13.8. The second kappa shape index (κ2) is 6.43. The molecule has 6 nitrogen and oxygen atoms in total. The summed E-state index contributed by atoms with van der Waals surface area (Å²) in [7, 11) is 1.22. The Morgan fingerprint density at radius 1 is 1.38 bits per heavy atom. The first kappa shape index (κ1) is 15.1. The number of nitrogens with zero attached hydrogens (tertiary/aromatic N) is 1. The molecule has 1 amide bonds. The van der Waals surface area contributed by atoms with Gasteiger partial charge in [-0.15, -0.1) is 0 Å². The van der Waals surface area contributed by atoms with E-state index in [1.165, 1.54) is 13.2 Å². The molecule has 21 heavy (non-hydrogen) atoms. The number of nitrogen functional groups attached to an aromatic ring is 1. The summed E-state index contributed by atoms with van der Waals surface area (Å²) < 4.78 is 18.4. The molecule has 1 aromatic carbocycles. The van der Waals surface area contributed by atoms with Gasteiger partial charge in [0.25, 0.3) is 0 Å². The van der Waals surface area contributed by atoms with Crippen molar-refractivity contribution in [1.82, 2.24) is 4.90 Å². The van der Waals surface area contributed by atoms with Crippen molar-refractivity contribution in [1.29, 1.82) is 0 Å². The summed E-state index contributed by atoms with van der Waals surface area (Å²) in [5.41, 5.74) is 5.69. The van der Waals surface area contributed by atoms with Crippen LogP contribution in [0.2, 0.25) is 0 Å². The first-order valence-corrected chi connectivity index (χ1v) is 6.72. The number of amides is 1. The molecule has 7 heteroatoms. The van der Waals surface area contributed by atoms with Crippen molar-refractivity contribution >= 4 is 23.3 Å². The molecule has 0 saturated carbocycles. The van der Waals surface area contributed by atoms with E-state index in [1.54, 1.807) is 4.90 Å². The zero-order valence-electron chi connectivity index (χ0n) is 11.8. The van der Waals surface area contributed by atoms with Gasteiger partial charge in [0.05, 0.1) is 24.9 Å². The van der Waals surface area contributed by atoms with Crippen LogP contribution >= 0.6 is 0 Å². The van der Waals surface area contributed by atoms with Crippen LogP contribution in [-0.2, 0) is 9.53 Å². The number of nitrogens with two attached hydrogens (primary N) is 1. The molecule has 0 aliphatic carbocycles. The topological polar surface area (TPSA) is 84.7 Å². The minimum Gasteiger partial charge on any atom is -0.465 e. The molecule has 114 valence electrons. The van der Waals surface area contributed by atoms with Crippen LogP contribution in [-0.4, -0.2) is 43.5 Å². The Morgan fingerprint density at radius 3 is 2.67 bits per heavy atom. The van der Waals surface area contributed by atoms with E-state index in [4.69, 9.17) is 5.73 Å². The molecule has 1 aliphatic rings. The normalized spacial score (nSPS) is 14.1. The van der Waals surface area contributed by atoms with Gasteiger partial charge in [0.15, 0.2) is 0 Å². The SMILES string of the molecule is COC(=O)c1cc(NCC(=O)N2CCCC2)c(F)cc1N. The number of rotatable bonds is 4. The molecule has 2 rings (SSSR count). The quantitative estimate of drug-likeness (QED) is 0.644. The lowest BCUT2D eigenvalue weighted by atomic mass is 10.1. The van der Waals surface area contributed by atoms with Crippen LogP contribution in [0.1, 0.15) is 23.2 Å². The first-order chi connectivity index (χ1) is 10.0. The number of ether oxygens (including phenoxy) is 1. The van der Waals surface area contributed by atoms with Gasteiger partial charge < -0.3 is 20.7 Å². The lowest BCUT2D eigenvalue weighted by Crippen LogP contribution is -2.33. The van der Waals surface area contributed by atoms with Gasteiger partial charge in [-0.2, -0.15) is 0 Å².